The molecule has 3 nitrogen and oxygen atoms in total. The van der Waals surface area contributed by atoms with Crippen LogP contribution in [0.4, 0.5) is 0 Å². The summed E-state index contributed by atoms with van der Waals surface area (Å²) >= 11 is 0. The van der Waals surface area contributed by atoms with E-state index in [-0.39, 0.29) is 6.04 Å². The van der Waals surface area contributed by atoms with Gasteiger partial charge < -0.3 is 10.5 Å². The molecular weight excluding hydrogens is 188 g/mol. The van der Waals surface area contributed by atoms with Crippen molar-refractivity contribution >= 4 is 0 Å². The summed E-state index contributed by atoms with van der Waals surface area (Å²) in [5.41, 5.74) is 6.84. The Hall–Kier alpha value is -1.09. The van der Waals surface area contributed by atoms with Crippen molar-refractivity contribution in [2.45, 2.75) is 39.2 Å². The lowest BCUT2D eigenvalue weighted by molar-refractivity contribution is 0.294. The van der Waals surface area contributed by atoms with Crippen LogP contribution in [0.15, 0.2) is 18.3 Å². The van der Waals surface area contributed by atoms with Gasteiger partial charge in [0.25, 0.3) is 0 Å². The molecule has 0 fully saturated rings. The number of ether oxygens (including phenoxy) is 1. The van der Waals surface area contributed by atoms with Crippen molar-refractivity contribution < 1.29 is 4.74 Å². The van der Waals surface area contributed by atoms with Crippen LogP contribution >= 0.6 is 0 Å². The number of nitrogens with two attached hydrogens (primary N) is 1. The highest BCUT2D eigenvalue weighted by Gasteiger charge is 2.01. The van der Waals surface area contributed by atoms with Gasteiger partial charge in [0.05, 0.1) is 6.61 Å². The van der Waals surface area contributed by atoms with E-state index in [4.69, 9.17) is 10.5 Å². The molecule has 0 saturated carbocycles. The van der Waals surface area contributed by atoms with Gasteiger partial charge in [0.15, 0.2) is 0 Å². The third kappa shape index (κ3) is 4.30. The molecule has 1 rings (SSSR count). The van der Waals surface area contributed by atoms with Gasteiger partial charge in [-0.15, -0.1) is 0 Å². The third-order valence-corrected chi connectivity index (χ3v) is 2.28. The summed E-state index contributed by atoms with van der Waals surface area (Å²) < 4.78 is 5.53. The second-order valence-corrected chi connectivity index (χ2v) is 3.77. The van der Waals surface area contributed by atoms with Gasteiger partial charge in [0.1, 0.15) is 0 Å². The number of aromatic nitrogens is 1. The first-order valence-corrected chi connectivity index (χ1v) is 5.58. The molecule has 0 aliphatic carbocycles. The van der Waals surface area contributed by atoms with Gasteiger partial charge in [-0.05, 0) is 25.0 Å². The number of pyridine rings is 1. The highest BCUT2D eigenvalue weighted by atomic mass is 16.5. The molecule has 0 saturated heterocycles. The van der Waals surface area contributed by atoms with Crippen molar-refractivity contribution in [1.29, 1.82) is 0 Å². The number of hydrogen-bond acceptors (Lipinski definition) is 3. The second-order valence-electron chi connectivity index (χ2n) is 3.77. The average molecular weight is 208 g/mol. The SMILES string of the molecule is CCCCCOc1cc([C@H](C)N)ccn1. The van der Waals surface area contributed by atoms with Gasteiger partial charge in [-0.25, -0.2) is 4.98 Å². The number of nitrogens with zero attached hydrogens (tertiary/aromatic N) is 1. The molecule has 0 amide bonds. The summed E-state index contributed by atoms with van der Waals surface area (Å²) in [7, 11) is 0. The summed E-state index contributed by atoms with van der Waals surface area (Å²) in [4.78, 5) is 4.14. The molecule has 0 aromatic carbocycles. The van der Waals surface area contributed by atoms with Crippen LogP contribution < -0.4 is 10.5 Å². The van der Waals surface area contributed by atoms with Gasteiger partial charge in [0, 0.05) is 18.3 Å². The number of hydrogen-bond donors (Lipinski definition) is 1. The van der Waals surface area contributed by atoms with E-state index in [9.17, 15) is 0 Å². The molecule has 1 heterocycles. The molecule has 1 atom stereocenters. The van der Waals surface area contributed by atoms with Crippen molar-refractivity contribution in [1.82, 2.24) is 4.98 Å². The van der Waals surface area contributed by atoms with Crippen molar-refractivity contribution in [3.63, 3.8) is 0 Å². The summed E-state index contributed by atoms with van der Waals surface area (Å²) in [6, 6.07) is 3.87. The predicted octanol–water partition coefficient (Wildman–Crippen LogP) is 2.67. The smallest absolute Gasteiger partial charge is 0.213 e. The zero-order valence-electron chi connectivity index (χ0n) is 9.57. The Bertz CT molecular complexity index is 287. The molecule has 0 aliphatic rings. The van der Waals surface area contributed by atoms with E-state index in [1.54, 1.807) is 6.20 Å². The van der Waals surface area contributed by atoms with Gasteiger partial charge in [-0.2, -0.15) is 0 Å². The van der Waals surface area contributed by atoms with E-state index in [0.29, 0.717) is 5.88 Å². The van der Waals surface area contributed by atoms with Crippen LogP contribution in [0.3, 0.4) is 0 Å². The highest BCUT2D eigenvalue weighted by molar-refractivity contribution is 5.22. The normalized spacial score (nSPS) is 12.5. The maximum atomic E-state index is 5.78. The van der Waals surface area contributed by atoms with Crippen LogP contribution in [0.5, 0.6) is 5.88 Å². The Balaban J connectivity index is 2.43. The Labute approximate surface area is 91.7 Å². The monoisotopic (exact) mass is 208 g/mol. The lowest BCUT2D eigenvalue weighted by atomic mass is 10.1. The Morgan fingerprint density at radius 2 is 2.27 bits per heavy atom. The molecule has 84 valence electrons. The number of rotatable bonds is 6. The standard InChI is InChI=1S/C12H20N2O/c1-3-4-5-8-15-12-9-11(10(2)13)6-7-14-12/h6-7,9-10H,3-5,8,13H2,1-2H3/t10-/m0/s1. The van der Waals surface area contributed by atoms with Gasteiger partial charge in [-0.1, -0.05) is 19.8 Å². The van der Waals surface area contributed by atoms with Crippen molar-refractivity contribution in [3.8, 4) is 5.88 Å². The van der Waals surface area contributed by atoms with E-state index < -0.39 is 0 Å². The number of unbranched alkanes of at least 4 members (excludes halogenated alkanes) is 2. The molecule has 0 radical (unpaired) electrons. The van der Waals surface area contributed by atoms with Crippen LogP contribution in [0.25, 0.3) is 0 Å². The molecule has 3 heteroatoms. The second kappa shape index (κ2) is 6.40. The molecule has 15 heavy (non-hydrogen) atoms. The summed E-state index contributed by atoms with van der Waals surface area (Å²) in [6.45, 7) is 4.87. The van der Waals surface area contributed by atoms with Crippen LogP contribution in [-0.4, -0.2) is 11.6 Å². The molecule has 2 N–H and O–H groups in total. The first kappa shape index (κ1) is 12.0. The molecule has 0 aliphatic heterocycles. The average Bonchev–Trinajstić information content (AvgIpc) is 2.25. The predicted molar refractivity (Wildman–Crippen MR) is 61.9 cm³/mol. The topological polar surface area (TPSA) is 48.1 Å². The van der Waals surface area contributed by atoms with Crippen molar-refractivity contribution in [2.24, 2.45) is 5.73 Å². The van der Waals surface area contributed by atoms with E-state index in [1.165, 1.54) is 12.8 Å². The minimum absolute atomic E-state index is 0.0333. The molecule has 1 aromatic rings. The Kier molecular flexibility index (Phi) is 5.12. The summed E-state index contributed by atoms with van der Waals surface area (Å²) in [5.74, 6) is 0.681. The fourth-order valence-electron chi connectivity index (χ4n) is 1.32. The van der Waals surface area contributed by atoms with Gasteiger partial charge in [-0.3, -0.25) is 0 Å². The highest BCUT2D eigenvalue weighted by Crippen LogP contribution is 2.14. The minimum Gasteiger partial charge on any atom is -0.478 e. The first-order chi connectivity index (χ1) is 7.24. The largest absolute Gasteiger partial charge is 0.478 e. The van der Waals surface area contributed by atoms with Crippen LogP contribution in [0.1, 0.15) is 44.7 Å². The van der Waals surface area contributed by atoms with E-state index >= 15 is 0 Å². The lowest BCUT2D eigenvalue weighted by Gasteiger charge is -2.08. The quantitative estimate of drug-likeness (QED) is 0.731. The lowest BCUT2D eigenvalue weighted by Crippen LogP contribution is -2.06. The van der Waals surface area contributed by atoms with Crippen LogP contribution in [-0.2, 0) is 0 Å². The van der Waals surface area contributed by atoms with Crippen LogP contribution in [0.2, 0.25) is 0 Å². The molecule has 0 spiro atoms. The van der Waals surface area contributed by atoms with E-state index in [1.807, 2.05) is 19.1 Å². The zero-order chi connectivity index (χ0) is 11.1. The Morgan fingerprint density at radius 3 is 2.93 bits per heavy atom. The van der Waals surface area contributed by atoms with E-state index in [2.05, 4.69) is 11.9 Å². The summed E-state index contributed by atoms with van der Waals surface area (Å²) in [6.07, 6.45) is 5.23. The van der Waals surface area contributed by atoms with Gasteiger partial charge in [0.2, 0.25) is 5.88 Å². The molecule has 0 bridgehead atoms. The maximum Gasteiger partial charge on any atom is 0.213 e. The Morgan fingerprint density at radius 1 is 1.47 bits per heavy atom. The van der Waals surface area contributed by atoms with Gasteiger partial charge >= 0.3 is 0 Å². The summed E-state index contributed by atoms with van der Waals surface area (Å²) in [5, 5.41) is 0. The molecular formula is C12H20N2O. The maximum absolute atomic E-state index is 5.78. The third-order valence-electron chi connectivity index (χ3n) is 2.28. The molecule has 0 unspecified atom stereocenters. The minimum atomic E-state index is 0.0333. The van der Waals surface area contributed by atoms with E-state index in [0.717, 1.165) is 18.6 Å². The first-order valence-electron chi connectivity index (χ1n) is 5.58. The zero-order valence-corrected chi connectivity index (χ0v) is 9.57. The molecule has 1 aromatic heterocycles. The van der Waals surface area contributed by atoms with Crippen molar-refractivity contribution in [3.05, 3.63) is 23.9 Å². The fourth-order valence-corrected chi connectivity index (χ4v) is 1.32. The fraction of sp³-hybridized carbons (Fsp3) is 0.583. The van der Waals surface area contributed by atoms with Crippen LogP contribution in [0, 0.1) is 0 Å². The van der Waals surface area contributed by atoms with Crippen molar-refractivity contribution in [2.75, 3.05) is 6.61 Å².